The molecule has 1 aromatic rings. The number of anilines is 2. The van der Waals surface area contributed by atoms with E-state index in [4.69, 9.17) is 16.2 Å². The highest BCUT2D eigenvalue weighted by Gasteiger charge is 2.64. The smallest absolute Gasteiger partial charge is 0.144 e. The molecule has 4 fully saturated rings. The number of unbranched alkanes of at least 4 members (excludes halogenated alkanes) is 2. The number of nitrogens with two attached hydrogens (primary N) is 2. The van der Waals surface area contributed by atoms with Crippen molar-refractivity contribution in [2.24, 2.45) is 51.8 Å². The highest BCUT2D eigenvalue weighted by Crippen LogP contribution is 2.71. The van der Waals surface area contributed by atoms with Crippen molar-refractivity contribution in [2.75, 3.05) is 11.5 Å². The van der Waals surface area contributed by atoms with Crippen LogP contribution in [-0.4, -0.2) is 6.10 Å². The van der Waals surface area contributed by atoms with Crippen LogP contribution in [0.15, 0.2) is 18.2 Å². The summed E-state index contributed by atoms with van der Waals surface area (Å²) in [5.74, 6) is 6.11. The van der Waals surface area contributed by atoms with Crippen molar-refractivity contribution in [3.8, 4) is 5.75 Å². The van der Waals surface area contributed by atoms with Gasteiger partial charge >= 0.3 is 0 Å². The number of rotatable bonds is 7. The Labute approximate surface area is 227 Å². The first-order chi connectivity index (χ1) is 17.5. The molecule has 0 bridgehead atoms. The van der Waals surface area contributed by atoms with Gasteiger partial charge in [-0.25, -0.2) is 0 Å². The molecule has 0 saturated heterocycles. The fourth-order valence-corrected chi connectivity index (χ4v) is 10.9. The van der Waals surface area contributed by atoms with Crippen molar-refractivity contribution in [3.05, 3.63) is 18.2 Å². The molecule has 208 valence electrons. The lowest BCUT2D eigenvalue weighted by molar-refractivity contribution is -0.180. The first-order valence-corrected chi connectivity index (χ1v) is 15.8. The summed E-state index contributed by atoms with van der Waals surface area (Å²) in [6, 6.07) is 5.66. The van der Waals surface area contributed by atoms with Crippen LogP contribution in [0.4, 0.5) is 11.4 Å². The SMILES string of the molecule is CCCCCC(C)C1CCC2(C)C1CCC1C2CCC2C(C)(C)C(Oc3cc(N)ccc3N)CCC12C. The fourth-order valence-electron chi connectivity index (χ4n) is 10.9. The van der Waals surface area contributed by atoms with Gasteiger partial charge in [0.25, 0.3) is 0 Å². The van der Waals surface area contributed by atoms with E-state index >= 15 is 0 Å². The monoisotopic (exact) mass is 508 g/mol. The van der Waals surface area contributed by atoms with E-state index in [1.54, 1.807) is 0 Å². The van der Waals surface area contributed by atoms with E-state index in [1.807, 2.05) is 18.2 Å². The summed E-state index contributed by atoms with van der Waals surface area (Å²) in [7, 11) is 0. The van der Waals surface area contributed by atoms with Gasteiger partial charge in [-0.3, -0.25) is 0 Å². The first kappa shape index (κ1) is 27.2. The molecule has 0 amide bonds. The minimum Gasteiger partial charge on any atom is -0.488 e. The molecule has 4 saturated carbocycles. The third kappa shape index (κ3) is 4.49. The van der Waals surface area contributed by atoms with Gasteiger partial charge in [-0.1, -0.05) is 67.2 Å². The average Bonchev–Trinajstić information content (AvgIpc) is 3.21. The van der Waals surface area contributed by atoms with Gasteiger partial charge in [-0.2, -0.15) is 0 Å². The van der Waals surface area contributed by atoms with Gasteiger partial charge in [0.05, 0.1) is 5.69 Å². The molecule has 4 aliphatic rings. The molecular weight excluding hydrogens is 452 g/mol. The first-order valence-electron chi connectivity index (χ1n) is 15.8. The Hall–Kier alpha value is -1.38. The molecule has 9 unspecified atom stereocenters. The number of ether oxygens (including phenoxy) is 1. The fraction of sp³-hybridized carbons (Fsp3) is 0.824. The summed E-state index contributed by atoms with van der Waals surface area (Å²) < 4.78 is 6.68. The second kappa shape index (κ2) is 9.98. The number of benzene rings is 1. The number of hydrogen-bond acceptors (Lipinski definition) is 3. The largest absolute Gasteiger partial charge is 0.488 e. The minimum absolute atomic E-state index is 0.124. The van der Waals surface area contributed by atoms with Gasteiger partial charge in [-0.15, -0.1) is 0 Å². The predicted octanol–water partition coefficient (Wildman–Crippen LogP) is 9.11. The van der Waals surface area contributed by atoms with Crippen LogP contribution >= 0.6 is 0 Å². The molecule has 0 aromatic heterocycles. The quantitative estimate of drug-likeness (QED) is 0.285. The molecule has 3 nitrogen and oxygen atoms in total. The van der Waals surface area contributed by atoms with E-state index in [0.29, 0.717) is 22.4 Å². The van der Waals surface area contributed by atoms with E-state index in [-0.39, 0.29) is 11.5 Å². The second-order valence-corrected chi connectivity index (χ2v) is 15.0. The normalized spacial score (nSPS) is 41.4. The Kier molecular flexibility index (Phi) is 7.34. The Bertz CT molecular complexity index is 957. The van der Waals surface area contributed by atoms with Crippen molar-refractivity contribution in [1.29, 1.82) is 0 Å². The van der Waals surface area contributed by atoms with Gasteiger partial charge in [0, 0.05) is 17.2 Å². The number of nitrogen functional groups attached to an aromatic ring is 2. The summed E-state index contributed by atoms with van der Waals surface area (Å²) in [6.07, 6.45) is 16.9. The summed E-state index contributed by atoms with van der Waals surface area (Å²) in [6.45, 7) is 15.3. The molecule has 0 spiro atoms. The standard InChI is InChI=1S/C34H56N2O/c1-7-8-9-10-22(2)24-17-19-33(5)25(24)12-13-27-26(33)14-16-30-32(3,4)31(18-20-34(27,30)6)37-29-21-23(35)11-15-28(29)36/h11,15,21-22,24-27,30-31H,7-10,12-14,16-20,35-36H2,1-6H3. The van der Waals surface area contributed by atoms with Gasteiger partial charge < -0.3 is 16.2 Å². The lowest BCUT2D eigenvalue weighted by Crippen LogP contribution is -2.60. The molecular formula is C34H56N2O. The van der Waals surface area contributed by atoms with E-state index in [9.17, 15) is 0 Å². The van der Waals surface area contributed by atoms with Crippen LogP contribution in [0.25, 0.3) is 0 Å². The Morgan fingerprint density at radius 3 is 2.30 bits per heavy atom. The van der Waals surface area contributed by atoms with E-state index in [0.717, 1.165) is 47.4 Å². The van der Waals surface area contributed by atoms with Crippen LogP contribution in [0, 0.1) is 51.8 Å². The van der Waals surface area contributed by atoms with E-state index in [1.165, 1.54) is 70.6 Å². The van der Waals surface area contributed by atoms with Crippen LogP contribution in [0.1, 0.15) is 119 Å². The van der Waals surface area contributed by atoms with Crippen molar-refractivity contribution >= 4 is 11.4 Å². The Balaban J connectivity index is 1.33. The summed E-state index contributed by atoms with van der Waals surface area (Å²) in [4.78, 5) is 0. The molecule has 1 aromatic carbocycles. The molecule has 37 heavy (non-hydrogen) atoms. The van der Waals surface area contributed by atoms with Crippen molar-refractivity contribution in [2.45, 2.75) is 125 Å². The Morgan fingerprint density at radius 2 is 1.54 bits per heavy atom. The summed E-state index contributed by atoms with van der Waals surface area (Å²) >= 11 is 0. The van der Waals surface area contributed by atoms with Crippen LogP contribution in [-0.2, 0) is 0 Å². The van der Waals surface area contributed by atoms with Crippen LogP contribution < -0.4 is 16.2 Å². The highest BCUT2D eigenvalue weighted by atomic mass is 16.5. The minimum atomic E-state index is 0.124. The average molecular weight is 509 g/mol. The van der Waals surface area contributed by atoms with Gasteiger partial charge in [0.15, 0.2) is 0 Å². The molecule has 3 heteroatoms. The number of fused-ring (bicyclic) bond motifs is 5. The van der Waals surface area contributed by atoms with Crippen LogP contribution in [0.3, 0.4) is 0 Å². The van der Waals surface area contributed by atoms with Crippen molar-refractivity contribution < 1.29 is 4.74 Å². The maximum atomic E-state index is 6.68. The number of hydrogen-bond donors (Lipinski definition) is 2. The van der Waals surface area contributed by atoms with Crippen LogP contribution in [0.2, 0.25) is 0 Å². The van der Waals surface area contributed by atoms with Gasteiger partial charge in [-0.05, 0) is 110 Å². The van der Waals surface area contributed by atoms with Gasteiger partial charge in [0.1, 0.15) is 11.9 Å². The zero-order valence-electron chi connectivity index (χ0n) is 24.8. The summed E-state index contributed by atoms with van der Waals surface area (Å²) in [5, 5.41) is 0. The molecule has 4 aliphatic carbocycles. The molecule has 0 heterocycles. The topological polar surface area (TPSA) is 61.3 Å². The maximum absolute atomic E-state index is 6.68. The Morgan fingerprint density at radius 1 is 0.865 bits per heavy atom. The third-order valence-corrected chi connectivity index (χ3v) is 12.9. The zero-order valence-corrected chi connectivity index (χ0v) is 24.8. The lowest BCUT2D eigenvalue weighted by atomic mass is 9.40. The molecule has 0 aliphatic heterocycles. The lowest BCUT2D eigenvalue weighted by Gasteiger charge is -2.65. The second-order valence-electron chi connectivity index (χ2n) is 15.0. The zero-order chi connectivity index (χ0) is 26.6. The van der Waals surface area contributed by atoms with Gasteiger partial charge in [0.2, 0.25) is 0 Å². The molecule has 0 radical (unpaired) electrons. The van der Waals surface area contributed by atoms with E-state index in [2.05, 4.69) is 41.5 Å². The third-order valence-electron chi connectivity index (χ3n) is 12.9. The van der Waals surface area contributed by atoms with Crippen molar-refractivity contribution in [1.82, 2.24) is 0 Å². The highest BCUT2D eigenvalue weighted by molar-refractivity contribution is 5.59. The van der Waals surface area contributed by atoms with Crippen molar-refractivity contribution in [3.63, 3.8) is 0 Å². The maximum Gasteiger partial charge on any atom is 0.144 e. The summed E-state index contributed by atoms with van der Waals surface area (Å²) in [5.41, 5.74) is 14.9. The van der Waals surface area contributed by atoms with E-state index < -0.39 is 0 Å². The molecule has 5 rings (SSSR count). The predicted molar refractivity (Wildman–Crippen MR) is 157 cm³/mol. The molecule has 4 N–H and O–H groups in total. The van der Waals surface area contributed by atoms with Crippen LogP contribution in [0.5, 0.6) is 5.75 Å². The molecule has 9 atom stereocenters.